The Labute approximate surface area is 108 Å². The van der Waals surface area contributed by atoms with E-state index >= 15 is 0 Å². The molecule has 18 heavy (non-hydrogen) atoms. The van der Waals surface area contributed by atoms with Crippen LogP contribution in [0.4, 0.5) is 17.1 Å². The van der Waals surface area contributed by atoms with Crippen LogP contribution >= 0.6 is 0 Å². The smallest absolute Gasteiger partial charge is 0.228 e. The van der Waals surface area contributed by atoms with Crippen molar-refractivity contribution in [3.8, 4) is 0 Å². The van der Waals surface area contributed by atoms with E-state index in [2.05, 4.69) is 31.0 Å². The van der Waals surface area contributed by atoms with Crippen molar-refractivity contribution in [1.82, 2.24) is 0 Å². The van der Waals surface area contributed by atoms with E-state index in [0.29, 0.717) is 6.42 Å². The average Bonchev–Trinajstić information content (AvgIpc) is 2.66. The number of rotatable bonds is 3. The zero-order chi connectivity index (χ0) is 13.5. The maximum Gasteiger partial charge on any atom is 0.228 e. The summed E-state index contributed by atoms with van der Waals surface area (Å²) in [6.07, 6.45) is 1.45. The van der Waals surface area contributed by atoms with E-state index in [0.717, 1.165) is 29.0 Å². The fraction of sp³-hybridized carbons (Fsp3) is 0.500. The first-order valence-corrected chi connectivity index (χ1v) is 6.31. The van der Waals surface area contributed by atoms with E-state index < -0.39 is 0 Å². The molecule has 0 spiro atoms. The number of hydrogen-bond donors (Lipinski definition) is 2. The van der Waals surface area contributed by atoms with Gasteiger partial charge in [0.15, 0.2) is 0 Å². The molecular weight excluding hydrogens is 226 g/mol. The first-order chi connectivity index (χ1) is 8.35. The number of nitrogens with one attached hydrogen (secondary N) is 1. The summed E-state index contributed by atoms with van der Waals surface area (Å²) in [4.78, 5) is 13.6. The van der Waals surface area contributed by atoms with Crippen LogP contribution in [0.3, 0.4) is 0 Å². The number of benzene rings is 1. The Morgan fingerprint density at radius 3 is 2.72 bits per heavy atom. The van der Waals surface area contributed by atoms with Gasteiger partial charge in [0.05, 0.1) is 17.8 Å². The number of anilines is 3. The largest absolute Gasteiger partial charge is 0.397 e. The highest BCUT2D eigenvalue weighted by Gasteiger charge is 2.26. The minimum atomic E-state index is 0.0327. The maximum atomic E-state index is 11.4. The van der Waals surface area contributed by atoms with Crippen molar-refractivity contribution in [2.24, 2.45) is 0 Å². The molecule has 98 valence electrons. The van der Waals surface area contributed by atoms with Gasteiger partial charge in [0.2, 0.25) is 5.91 Å². The molecule has 1 amide bonds. The number of nitrogen functional groups attached to an aromatic ring is 1. The molecule has 1 aliphatic heterocycles. The first-order valence-electron chi connectivity index (χ1n) is 6.31. The van der Waals surface area contributed by atoms with Crippen LogP contribution in [0.15, 0.2) is 12.1 Å². The van der Waals surface area contributed by atoms with E-state index in [1.807, 2.05) is 19.2 Å². The van der Waals surface area contributed by atoms with Crippen LogP contribution in [0.1, 0.15) is 32.8 Å². The molecule has 0 aromatic heterocycles. The zero-order valence-electron chi connectivity index (χ0n) is 11.5. The van der Waals surface area contributed by atoms with Crippen LogP contribution in [0, 0.1) is 0 Å². The molecule has 0 bridgehead atoms. The predicted molar refractivity (Wildman–Crippen MR) is 76.0 cm³/mol. The van der Waals surface area contributed by atoms with Crippen molar-refractivity contribution in [2.45, 2.75) is 39.2 Å². The van der Waals surface area contributed by atoms with Crippen LogP contribution in [0.2, 0.25) is 0 Å². The summed E-state index contributed by atoms with van der Waals surface area (Å²) >= 11 is 0. The Balaban J connectivity index is 2.41. The van der Waals surface area contributed by atoms with Crippen molar-refractivity contribution in [3.63, 3.8) is 0 Å². The maximum absolute atomic E-state index is 11.4. The van der Waals surface area contributed by atoms with Gasteiger partial charge < -0.3 is 16.0 Å². The molecule has 1 aromatic carbocycles. The normalized spacial score (nSPS) is 14.3. The van der Waals surface area contributed by atoms with E-state index in [1.54, 1.807) is 0 Å². The molecule has 0 atom stereocenters. The summed E-state index contributed by atoms with van der Waals surface area (Å²) < 4.78 is 0. The molecule has 0 saturated carbocycles. The molecule has 0 saturated heterocycles. The number of hydrogen-bond acceptors (Lipinski definition) is 3. The Morgan fingerprint density at radius 1 is 1.44 bits per heavy atom. The third kappa shape index (κ3) is 2.03. The molecule has 2 rings (SSSR count). The van der Waals surface area contributed by atoms with Gasteiger partial charge in [-0.25, -0.2) is 0 Å². The fourth-order valence-electron chi connectivity index (χ4n) is 2.14. The van der Waals surface area contributed by atoms with E-state index in [1.165, 1.54) is 0 Å². The summed E-state index contributed by atoms with van der Waals surface area (Å²) in [5.74, 6) is 0.0407. The topological polar surface area (TPSA) is 58.4 Å². The van der Waals surface area contributed by atoms with Crippen LogP contribution < -0.4 is 16.0 Å². The average molecular weight is 247 g/mol. The van der Waals surface area contributed by atoms with Gasteiger partial charge in [-0.15, -0.1) is 0 Å². The van der Waals surface area contributed by atoms with Gasteiger partial charge in [0.1, 0.15) is 0 Å². The molecule has 1 heterocycles. The Kier molecular flexibility index (Phi) is 2.97. The molecule has 1 aliphatic rings. The quantitative estimate of drug-likeness (QED) is 0.806. The molecule has 0 radical (unpaired) electrons. The highest BCUT2D eigenvalue weighted by Crippen LogP contribution is 2.36. The molecule has 0 fully saturated rings. The summed E-state index contributed by atoms with van der Waals surface area (Å²) in [6, 6.07) is 3.89. The van der Waals surface area contributed by atoms with Crippen LogP contribution in [0.5, 0.6) is 0 Å². The predicted octanol–water partition coefficient (Wildman–Crippen LogP) is 2.39. The fourth-order valence-corrected chi connectivity index (χ4v) is 2.14. The van der Waals surface area contributed by atoms with Gasteiger partial charge in [-0.3, -0.25) is 4.79 Å². The molecule has 0 unspecified atom stereocenters. The second kappa shape index (κ2) is 4.19. The van der Waals surface area contributed by atoms with Crippen molar-refractivity contribution in [2.75, 3.05) is 23.0 Å². The van der Waals surface area contributed by atoms with Gasteiger partial charge in [0, 0.05) is 18.3 Å². The lowest BCUT2D eigenvalue weighted by molar-refractivity contribution is -0.115. The number of carbonyl (C=O) groups excluding carboxylic acids is 1. The van der Waals surface area contributed by atoms with E-state index in [4.69, 9.17) is 5.73 Å². The highest BCUT2D eigenvalue weighted by atomic mass is 16.1. The summed E-state index contributed by atoms with van der Waals surface area (Å²) in [5.41, 5.74) is 9.73. The Bertz CT molecular complexity index is 494. The number of nitrogens with two attached hydrogens (primary N) is 1. The van der Waals surface area contributed by atoms with Crippen LogP contribution in [0.25, 0.3) is 0 Å². The Hall–Kier alpha value is -1.71. The van der Waals surface area contributed by atoms with Gasteiger partial charge >= 0.3 is 0 Å². The third-order valence-electron chi connectivity index (χ3n) is 4.01. The summed E-state index contributed by atoms with van der Waals surface area (Å²) in [7, 11) is 2.04. The molecule has 3 N–H and O–H groups in total. The Morgan fingerprint density at radius 2 is 2.11 bits per heavy atom. The standard InChI is InChI=1S/C14H21N3O/c1-5-14(2,3)17(4)12-8-11-9(6-10(12)15)7-13(18)16-11/h6,8H,5,7,15H2,1-4H3,(H,16,18). The number of nitrogens with zero attached hydrogens (tertiary/aromatic N) is 1. The van der Waals surface area contributed by atoms with E-state index in [-0.39, 0.29) is 11.4 Å². The minimum absolute atomic E-state index is 0.0327. The van der Waals surface area contributed by atoms with Crippen molar-refractivity contribution in [3.05, 3.63) is 17.7 Å². The lowest BCUT2D eigenvalue weighted by atomic mass is 9.98. The van der Waals surface area contributed by atoms with Crippen molar-refractivity contribution in [1.29, 1.82) is 0 Å². The number of carbonyl (C=O) groups is 1. The monoisotopic (exact) mass is 247 g/mol. The molecular formula is C14H21N3O. The number of amides is 1. The van der Waals surface area contributed by atoms with E-state index in [9.17, 15) is 4.79 Å². The third-order valence-corrected chi connectivity index (χ3v) is 4.01. The van der Waals surface area contributed by atoms with Gasteiger partial charge in [-0.05, 0) is 38.0 Å². The van der Waals surface area contributed by atoms with Crippen LogP contribution in [-0.2, 0) is 11.2 Å². The second-order valence-corrected chi connectivity index (χ2v) is 5.52. The molecule has 1 aromatic rings. The lowest BCUT2D eigenvalue weighted by Gasteiger charge is -2.37. The summed E-state index contributed by atoms with van der Waals surface area (Å²) in [6.45, 7) is 6.51. The SMILES string of the molecule is CCC(C)(C)N(C)c1cc2c(cc1N)CC(=O)N2. The molecule has 4 nitrogen and oxygen atoms in total. The first kappa shape index (κ1) is 12.7. The number of fused-ring (bicyclic) bond motifs is 1. The molecule has 4 heteroatoms. The summed E-state index contributed by atoms with van der Waals surface area (Å²) in [5, 5.41) is 2.87. The van der Waals surface area contributed by atoms with Gasteiger partial charge in [-0.1, -0.05) is 6.92 Å². The second-order valence-electron chi connectivity index (χ2n) is 5.52. The van der Waals surface area contributed by atoms with Gasteiger partial charge in [0.25, 0.3) is 0 Å². The molecule has 0 aliphatic carbocycles. The van der Waals surface area contributed by atoms with Crippen LogP contribution in [-0.4, -0.2) is 18.5 Å². The highest BCUT2D eigenvalue weighted by molar-refractivity contribution is 6.00. The van der Waals surface area contributed by atoms with Gasteiger partial charge in [-0.2, -0.15) is 0 Å². The zero-order valence-corrected chi connectivity index (χ0v) is 11.5. The van der Waals surface area contributed by atoms with Crippen molar-refractivity contribution >= 4 is 23.0 Å². The lowest BCUT2D eigenvalue weighted by Crippen LogP contribution is -2.40. The minimum Gasteiger partial charge on any atom is -0.397 e. The van der Waals surface area contributed by atoms with Crippen molar-refractivity contribution < 1.29 is 4.79 Å².